The number of carboxylic acids is 1. The number of carboxylic acid groups (broad SMARTS) is 1. The molecule has 8 heteroatoms. The summed E-state index contributed by atoms with van der Waals surface area (Å²) in [5, 5.41) is 12.8. The number of carbonyl (C=O) groups is 4. The first-order valence-electron chi connectivity index (χ1n) is 5.35. The molecule has 1 fully saturated rings. The van der Waals surface area contributed by atoms with Crippen molar-refractivity contribution in [3.05, 3.63) is 40.8 Å². The van der Waals surface area contributed by atoms with E-state index in [4.69, 9.17) is 5.11 Å². The molecule has 0 radical (unpaired) electrons. The maximum atomic E-state index is 11.7. The molecule has 2 rings (SSSR count). The standard InChI is InChI=1S/C12H8N2O5S/c15-9(5-8-10(16)14-12(19)20-8)13-7-4-2-1-3-6(7)11(17)18/h1-5H,(H,13,15)(H,17,18)(H,14,16,19)/b8-5-. The van der Waals surface area contributed by atoms with Crippen molar-refractivity contribution >= 4 is 40.5 Å². The number of hydrogen-bond donors (Lipinski definition) is 3. The van der Waals surface area contributed by atoms with E-state index in [1.807, 2.05) is 5.32 Å². The van der Waals surface area contributed by atoms with Crippen LogP contribution in [0.4, 0.5) is 10.5 Å². The molecule has 20 heavy (non-hydrogen) atoms. The molecular formula is C12H8N2O5S. The SMILES string of the molecule is O=C(/C=C1\SC(=O)NC1=O)Nc1ccccc1C(=O)O. The lowest BCUT2D eigenvalue weighted by Crippen LogP contribution is -2.19. The van der Waals surface area contributed by atoms with E-state index >= 15 is 0 Å². The van der Waals surface area contributed by atoms with E-state index in [0.29, 0.717) is 11.8 Å². The molecule has 1 heterocycles. The number of nitrogens with one attached hydrogen (secondary N) is 2. The highest BCUT2D eigenvalue weighted by atomic mass is 32.2. The van der Waals surface area contributed by atoms with Gasteiger partial charge in [0.25, 0.3) is 11.1 Å². The summed E-state index contributed by atoms with van der Waals surface area (Å²) in [5.41, 5.74) is 0.0374. The molecule has 0 unspecified atom stereocenters. The van der Waals surface area contributed by atoms with Crippen molar-refractivity contribution < 1.29 is 24.3 Å². The monoisotopic (exact) mass is 292 g/mol. The molecule has 0 spiro atoms. The van der Waals surface area contributed by atoms with E-state index in [1.54, 1.807) is 6.07 Å². The van der Waals surface area contributed by atoms with E-state index < -0.39 is 23.0 Å². The number of imide groups is 1. The Bertz CT molecular complexity index is 653. The third-order valence-electron chi connectivity index (χ3n) is 2.32. The molecule has 1 aromatic rings. The molecule has 102 valence electrons. The normalized spacial score (nSPS) is 16.1. The molecule has 1 aliphatic rings. The summed E-state index contributed by atoms with van der Waals surface area (Å²) in [4.78, 5) is 44.8. The van der Waals surface area contributed by atoms with Crippen molar-refractivity contribution in [3.63, 3.8) is 0 Å². The Morgan fingerprint density at radius 1 is 1.25 bits per heavy atom. The van der Waals surface area contributed by atoms with Crippen molar-refractivity contribution in [2.24, 2.45) is 0 Å². The summed E-state index contributed by atoms with van der Waals surface area (Å²) in [6, 6.07) is 5.85. The number of aromatic carboxylic acids is 1. The molecule has 0 atom stereocenters. The Hall–Kier alpha value is -2.61. The van der Waals surface area contributed by atoms with Gasteiger partial charge in [0.1, 0.15) is 0 Å². The third-order valence-corrected chi connectivity index (χ3v) is 3.13. The van der Waals surface area contributed by atoms with Crippen LogP contribution in [0.1, 0.15) is 10.4 Å². The fourth-order valence-electron chi connectivity index (χ4n) is 1.49. The quantitative estimate of drug-likeness (QED) is 0.721. The number of anilines is 1. The zero-order valence-corrected chi connectivity index (χ0v) is 10.7. The zero-order chi connectivity index (χ0) is 14.7. The number of para-hydroxylation sites is 1. The minimum Gasteiger partial charge on any atom is -0.478 e. The highest BCUT2D eigenvalue weighted by Gasteiger charge is 2.26. The van der Waals surface area contributed by atoms with Gasteiger partial charge in [-0.3, -0.25) is 19.7 Å². The second-order valence-corrected chi connectivity index (χ2v) is 4.71. The van der Waals surface area contributed by atoms with Crippen LogP contribution in [0.3, 0.4) is 0 Å². The van der Waals surface area contributed by atoms with Gasteiger partial charge in [0.2, 0.25) is 5.91 Å². The van der Waals surface area contributed by atoms with Gasteiger partial charge in [0, 0.05) is 6.08 Å². The summed E-state index contributed by atoms with van der Waals surface area (Å²) in [7, 11) is 0. The first-order valence-corrected chi connectivity index (χ1v) is 6.17. The van der Waals surface area contributed by atoms with Gasteiger partial charge in [0.15, 0.2) is 0 Å². The average molecular weight is 292 g/mol. The number of carbonyl (C=O) groups excluding carboxylic acids is 3. The van der Waals surface area contributed by atoms with E-state index in [0.717, 1.165) is 6.08 Å². The van der Waals surface area contributed by atoms with Crippen LogP contribution in [-0.2, 0) is 9.59 Å². The van der Waals surface area contributed by atoms with Crippen molar-refractivity contribution in [2.75, 3.05) is 5.32 Å². The number of hydrogen-bond acceptors (Lipinski definition) is 5. The Morgan fingerprint density at radius 2 is 1.95 bits per heavy atom. The number of amides is 3. The fourth-order valence-corrected chi connectivity index (χ4v) is 2.14. The van der Waals surface area contributed by atoms with Crippen LogP contribution in [0.25, 0.3) is 0 Å². The van der Waals surface area contributed by atoms with E-state index in [1.165, 1.54) is 18.2 Å². The van der Waals surface area contributed by atoms with Gasteiger partial charge in [0.05, 0.1) is 16.2 Å². The average Bonchev–Trinajstić information content (AvgIpc) is 2.68. The lowest BCUT2D eigenvalue weighted by molar-refractivity contribution is -0.116. The lowest BCUT2D eigenvalue weighted by Gasteiger charge is -2.05. The zero-order valence-electron chi connectivity index (χ0n) is 9.88. The summed E-state index contributed by atoms with van der Waals surface area (Å²) in [5.74, 6) is -2.52. The Labute approximate surface area is 117 Å². The topological polar surface area (TPSA) is 113 Å². The summed E-state index contributed by atoms with van der Waals surface area (Å²) in [6.45, 7) is 0. The fraction of sp³-hybridized carbons (Fsp3) is 0. The molecule has 0 aromatic heterocycles. The van der Waals surface area contributed by atoms with E-state index in [9.17, 15) is 19.2 Å². The first kappa shape index (κ1) is 13.8. The van der Waals surface area contributed by atoms with Crippen LogP contribution in [0.2, 0.25) is 0 Å². The molecule has 0 bridgehead atoms. The van der Waals surface area contributed by atoms with Gasteiger partial charge in [-0.05, 0) is 23.9 Å². The van der Waals surface area contributed by atoms with Gasteiger partial charge in [-0.15, -0.1) is 0 Å². The highest BCUT2D eigenvalue weighted by Crippen LogP contribution is 2.23. The second-order valence-electron chi connectivity index (χ2n) is 3.69. The van der Waals surface area contributed by atoms with E-state index in [2.05, 4.69) is 5.32 Å². The predicted molar refractivity (Wildman–Crippen MR) is 71.2 cm³/mol. The molecule has 1 aliphatic heterocycles. The maximum Gasteiger partial charge on any atom is 0.337 e. The van der Waals surface area contributed by atoms with Crippen LogP contribution in [-0.4, -0.2) is 28.1 Å². The highest BCUT2D eigenvalue weighted by molar-refractivity contribution is 8.18. The lowest BCUT2D eigenvalue weighted by atomic mass is 10.2. The Kier molecular flexibility index (Phi) is 3.85. The van der Waals surface area contributed by atoms with Gasteiger partial charge < -0.3 is 10.4 Å². The van der Waals surface area contributed by atoms with Crippen molar-refractivity contribution in [1.82, 2.24) is 5.32 Å². The molecular weight excluding hydrogens is 284 g/mol. The van der Waals surface area contributed by atoms with Crippen LogP contribution >= 0.6 is 11.8 Å². The van der Waals surface area contributed by atoms with Crippen LogP contribution in [0.15, 0.2) is 35.2 Å². The van der Waals surface area contributed by atoms with Crippen LogP contribution in [0, 0.1) is 0 Å². The molecule has 1 saturated heterocycles. The molecule has 3 N–H and O–H groups in total. The van der Waals surface area contributed by atoms with E-state index in [-0.39, 0.29) is 16.2 Å². The first-order chi connectivity index (χ1) is 9.47. The second kappa shape index (κ2) is 5.57. The van der Waals surface area contributed by atoms with Crippen molar-refractivity contribution in [3.8, 4) is 0 Å². The van der Waals surface area contributed by atoms with Gasteiger partial charge in [-0.25, -0.2) is 4.79 Å². The summed E-state index contributed by atoms with van der Waals surface area (Å²) < 4.78 is 0. The Balaban J connectivity index is 2.17. The van der Waals surface area contributed by atoms with Crippen molar-refractivity contribution in [2.45, 2.75) is 0 Å². The molecule has 0 saturated carbocycles. The van der Waals surface area contributed by atoms with Crippen LogP contribution in [0.5, 0.6) is 0 Å². The number of rotatable bonds is 3. The summed E-state index contributed by atoms with van der Waals surface area (Å²) >= 11 is 0.607. The minimum atomic E-state index is -1.18. The third kappa shape index (κ3) is 3.04. The number of thioether (sulfide) groups is 1. The predicted octanol–water partition coefficient (Wildman–Crippen LogP) is 1.19. The van der Waals surface area contributed by atoms with Gasteiger partial charge in [-0.2, -0.15) is 0 Å². The summed E-state index contributed by atoms with van der Waals surface area (Å²) in [6.07, 6.45) is 0.948. The van der Waals surface area contributed by atoms with Crippen molar-refractivity contribution in [1.29, 1.82) is 0 Å². The number of benzene rings is 1. The molecule has 7 nitrogen and oxygen atoms in total. The Morgan fingerprint density at radius 3 is 2.55 bits per heavy atom. The van der Waals surface area contributed by atoms with Gasteiger partial charge in [-0.1, -0.05) is 12.1 Å². The molecule has 0 aliphatic carbocycles. The largest absolute Gasteiger partial charge is 0.478 e. The van der Waals surface area contributed by atoms with Crippen LogP contribution < -0.4 is 10.6 Å². The van der Waals surface area contributed by atoms with Gasteiger partial charge >= 0.3 is 5.97 Å². The smallest absolute Gasteiger partial charge is 0.337 e. The maximum absolute atomic E-state index is 11.7. The molecule has 1 aromatic carbocycles. The minimum absolute atomic E-state index is 0.0414. The molecule has 3 amide bonds.